The molecule has 1 aliphatic heterocycles. The lowest BCUT2D eigenvalue weighted by Crippen LogP contribution is -2.04. The van der Waals surface area contributed by atoms with Crippen molar-refractivity contribution in [1.82, 2.24) is 14.8 Å². The third kappa shape index (κ3) is 1.78. The number of nitrogens with zero attached hydrogens (tertiary/aromatic N) is 3. The van der Waals surface area contributed by atoms with Gasteiger partial charge in [-0.15, -0.1) is 10.2 Å². The Bertz CT molecular complexity index is 571. The zero-order valence-electron chi connectivity index (χ0n) is 10.7. The van der Waals surface area contributed by atoms with Gasteiger partial charge in [0, 0.05) is 24.2 Å². The fourth-order valence-corrected chi connectivity index (χ4v) is 2.58. The van der Waals surface area contributed by atoms with Crippen molar-refractivity contribution in [2.75, 3.05) is 5.73 Å². The van der Waals surface area contributed by atoms with E-state index < -0.39 is 0 Å². The molecule has 0 amide bonds. The van der Waals surface area contributed by atoms with Gasteiger partial charge >= 0.3 is 0 Å². The maximum Gasteiger partial charge on any atom is 0.164 e. The minimum Gasteiger partial charge on any atom is -0.398 e. The van der Waals surface area contributed by atoms with Gasteiger partial charge in [-0.05, 0) is 31.4 Å². The molecule has 0 aliphatic carbocycles. The molecule has 0 bridgehead atoms. The third-order valence-electron chi connectivity index (χ3n) is 3.73. The fraction of sp³-hybridized carbons (Fsp3) is 0.429. The number of anilines is 1. The van der Waals surface area contributed by atoms with E-state index in [4.69, 9.17) is 5.73 Å². The Morgan fingerprint density at radius 3 is 2.94 bits per heavy atom. The van der Waals surface area contributed by atoms with Crippen LogP contribution in [0.2, 0.25) is 0 Å². The standard InChI is InChI=1S/C14H18N4/c1-10-11(6-5-7-12(10)15)14-17-16-13-8-3-2-4-9-18(13)14/h5-7H,2-4,8-9,15H2,1H3. The van der Waals surface area contributed by atoms with Crippen LogP contribution in [-0.2, 0) is 13.0 Å². The van der Waals surface area contributed by atoms with Gasteiger partial charge in [-0.3, -0.25) is 0 Å². The molecule has 4 heteroatoms. The van der Waals surface area contributed by atoms with Crippen LogP contribution in [0.25, 0.3) is 11.4 Å². The van der Waals surface area contributed by atoms with Gasteiger partial charge in [-0.1, -0.05) is 18.6 Å². The topological polar surface area (TPSA) is 56.7 Å². The first-order chi connectivity index (χ1) is 8.77. The van der Waals surface area contributed by atoms with Crippen LogP contribution in [0, 0.1) is 6.92 Å². The van der Waals surface area contributed by atoms with Crippen LogP contribution >= 0.6 is 0 Å². The number of benzene rings is 1. The molecule has 94 valence electrons. The summed E-state index contributed by atoms with van der Waals surface area (Å²) < 4.78 is 2.26. The second-order valence-electron chi connectivity index (χ2n) is 4.92. The largest absolute Gasteiger partial charge is 0.398 e. The zero-order chi connectivity index (χ0) is 12.5. The van der Waals surface area contributed by atoms with Crippen molar-refractivity contribution in [2.45, 2.75) is 39.2 Å². The predicted octanol–water partition coefficient (Wildman–Crippen LogP) is 2.56. The smallest absolute Gasteiger partial charge is 0.164 e. The molecule has 4 nitrogen and oxygen atoms in total. The van der Waals surface area contributed by atoms with Gasteiger partial charge in [-0.25, -0.2) is 0 Å². The van der Waals surface area contributed by atoms with Crippen LogP contribution in [0.3, 0.4) is 0 Å². The molecule has 1 aromatic heterocycles. The molecule has 3 rings (SSSR count). The van der Waals surface area contributed by atoms with Gasteiger partial charge in [-0.2, -0.15) is 0 Å². The van der Waals surface area contributed by atoms with E-state index in [1.165, 1.54) is 19.3 Å². The molecular weight excluding hydrogens is 224 g/mol. The van der Waals surface area contributed by atoms with E-state index in [0.717, 1.165) is 41.4 Å². The normalized spacial score (nSPS) is 15.2. The first-order valence-corrected chi connectivity index (χ1v) is 6.55. The summed E-state index contributed by atoms with van der Waals surface area (Å²) in [4.78, 5) is 0. The van der Waals surface area contributed by atoms with Crippen LogP contribution in [-0.4, -0.2) is 14.8 Å². The number of fused-ring (bicyclic) bond motifs is 1. The number of hydrogen-bond acceptors (Lipinski definition) is 3. The van der Waals surface area contributed by atoms with Crippen molar-refractivity contribution in [3.63, 3.8) is 0 Å². The molecule has 2 aromatic rings. The molecule has 0 spiro atoms. The molecule has 18 heavy (non-hydrogen) atoms. The summed E-state index contributed by atoms with van der Waals surface area (Å²) in [6, 6.07) is 5.99. The number of nitrogens with two attached hydrogens (primary N) is 1. The molecule has 0 saturated carbocycles. The van der Waals surface area contributed by atoms with Gasteiger partial charge in [0.15, 0.2) is 5.82 Å². The monoisotopic (exact) mass is 242 g/mol. The summed E-state index contributed by atoms with van der Waals surface area (Å²) in [5, 5.41) is 8.71. The van der Waals surface area contributed by atoms with Crippen molar-refractivity contribution in [3.8, 4) is 11.4 Å². The van der Waals surface area contributed by atoms with Crippen molar-refractivity contribution >= 4 is 5.69 Å². The summed E-state index contributed by atoms with van der Waals surface area (Å²) >= 11 is 0. The maximum absolute atomic E-state index is 5.98. The Morgan fingerprint density at radius 1 is 1.17 bits per heavy atom. The van der Waals surface area contributed by atoms with Crippen LogP contribution in [0.15, 0.2) is 18.2 Å². The number of hydrogen-bond donors (Lipinski definition) is 1. The van der Waals surface area contributed by atoms with E-state index in [1.54, 1.807) is 0 Å². The van der Waals surface area contributed by atoms with Gasteiger partial charge in [0.2, 0.25) is 0 Å². The molecule has 0 unspecified atom stereocenters. The minimum absolute atomic E-state index is 0.818. The van der Waals surface area contributed by atoms with Crippen LogP contribution in [0.4, 0.5) is 5.69 Å². The molecule has 1 aromatic carbocycles. The van der Waals surface area contributed by atoms with Crippen molar-refractivity contribution in [2.24, 2.45) is 0 Å². The number of aromatic nitrogens is 3. The van der Waals surface area contributed by atoms with E-state index >= 15 is 0 Å². The van der Waals surface area contributed by atoms with Crippen LogP contribution < -0.4 is 5.73 Å². The second kappa shape index (κ2) is 4.44. The summed E-state index contributed by atoms with van der Waals surface area (Å²) in [5.74, 6) is 2.08. The van der Waals surface area contributed by atoms with Gasteiger partial charge in [0.05, 0.1) is 0 Å². The maximum atomic E-state index is 5.98. The molecular formula is C14H18N4. The molecule has 0 fully saturated rings. The SMILES string of the molecule is Cc1c(N)cccc1-c1nnc2n1CCCCC2. The molecule has 0 atom stereocenters. The Kier molecular flexibility index (Phi) is 2.78. The van der Waals surface area contributed by atoms with Gasteiger partial charge in [0.25, 0.3) is 0 Å². The lowest BCUT2D eigenvalue weighted by atomic mass is 10.1. The van der Waals surface area contributed by atoms with Crippen LogP contribution in [0.5, 0.6) is 0 Å². The first-order valence-electron chi connectivity index (χ1n) is 6.55. The average molecular weight is 242 g/mol. The number of aryl methyl sites for hydroxylation is 1. The van der Waals surface area contributed by atoms with E-state index in [9.17, 15) is 0 Å². The molecule has 2 N–H and O–H groups in total. The van der Waals surface area contributed by atoms with E-state index in [2.05, 4.69) is 20.8 Å². The zero-order valence-corrected chi connectivity index (χ0v) is 10.7. The van der Waals surface area contributed by atoms with Crippen molar-refractivity contribution in [3.05, 3.63) is 29.6 Å². The Labute approximate surface area is 107 Å². The first kappa shape index (κ1) is 11.3. The summed E-state index contributed by atoms with van der Waals surface area (Å²) in [5.41, 5.74) is 9.00. The highest BCUT2D eigenvalue weighted by molar-refractivity contribution is 5.68. The van der Waals surface area contributed by atoms with Crippen molar-refractivity contribution < 1.29 is 0 Å². The molecule has 1 aliphatic rings. The Morgan fingerprint density at radius 2 is 2.06 bits per heavy atom. The predicted molar refractivity (Wildman–Crippen MR) is 72.2 cm³/mol. The highest BCUT2D eigenvalue weighted by Crippen LogP contribution is 2.27. The second-order valence-corrected chi connectivity index (χ2v) is 4.92. The van der Waals surface area contributed by atoms with Crippen molar-refractivity contribution in [1.29, 1.82) is 0 Å². The lowest BCUT2D eigenvalue weighted by Gasteiger charge is -2.10. The number of nitrogen functional groups attached to an aromatic ring is 1. The highest BCUT2D eigenvalue weighted by atomic mass is 15.3. The summed E-state index contributed by atoms with van der Waals surface area (Å²) in [7, 11) is 0. The Balaban J connectivity index is 2.12. The molecule has 2 heterocycles. The Hall–Kier alpha value is -1.84. The van der Waals surface area contributed by atoms with Gasteiger partial charge in [0.1, 0.15) is 5.82 Å². The van der Waals surface area contributed by atoms with Crippen LogP contribution in [0.1, 0.15) is 30.7 Å². The lowest BCUT2D eigenvalue weighted by molar-refractivity contribution is 0.636. The third-order valence-corrected chi connectivity index (χ3v) is 3.73. The highest BCUT2D eigenvalue weighted by Gasteiger charge is 2.17. The van der Waals surface area contributed by atoms with Gasteiger partial charge < -0.3 is 10.3 Å². The fourth-order valence-electron chi connectivity index (χ4n) is 2.58. The van der Waals surface area contributed by atoms with E-state index in [1.807, 2.05) is 19.1 Å². The van der Waals surface area contributed by atoms with E-state index in [-0.39, 0.29) is 0 Å². The number of rotatable bonds is 1. The summed E-state index contributed by atoms with van der Waals surface area (Å²) in [6.07, 6.45) is 4.74. The average Bonchev–Trinajstić information content (AvgIpc) is 2.62. The van der Waals surface area contributed by atoms with E-state index in [0.29, 0.717) is 0 Å². The molecule has 0 radical (unpaired) electrons. The minimum atomic E-state index is 0.818. The summed E-state index contributed by atoms with van der Waals surface area (Å²) in [6.45, 7) is 3.06. The quantitative estimate of drug-likeness (QED) is 0.782. The molecule has 0 saturated heterocycles.